The van der Waals surface area contributed by atoms with Crippen LogP contribution in [0.4, 0.5) is 0 Å². The first kappa shape index (κ1) is 20.2. The monoisotopic (exact) mass is 302 g/mol. The molecule has 0 spiro atoms. The van der Waals surface area contributed by atoms with Gasteiger partial charge in [0.15, 0.2) is 0 Å². The molecule has 0 aliphatic heterocycles. The van der Waals surface area contributed by atoms with Crippen molar-refractivity contribution in [1.29, 1.82) is 0 Å². The Bertz CT molecular complexity index is 398. The lowest BCUT2D eigenvalue weighted by Crippen LogP contribution is -1.92. The predicted molar refractivity (Wildman–Crippen MR) is 95.9 cm³/mol. The van der Waals surface area contributed by atoms with Crippen LogP contribution in [0.2, 0.25) is 0 Å². The van der Waals surface area contributed by atoms with Crippen molar-refractivity contribution in [2.75, 3.05) is 0 Å². The third-order valence-electron chi connectivity index (χ3n) is 3.00. The standard InChI is InChI=1S/C20H30O2/c1-2-3-4-5-6-7-8-9-10-11-12-13-14-15-16-17-18-19-20(21)22/h6-13,15-16H,2-5,14,17-19H2,1H3,(H,21,22)/b7-6-,9-8-,11-10-,13-12-,16-15-. The lowest BCUT2D eigenvalue weighted by molar-refractivity contribution is -0.137. The highest BCUT2D eigenvalue weighted by Gasteiger charge is 1.92. The van der Waals surface area contributed by atoms with Gasteiger partial charge in [0.05, 0.1) is 0 Å². The second kappa shape index (κ2) is 17.2. The number of carboxylic acid groups (broad SMARTS) is 1. The highest BCUT2D eigenvalue weighted by Crippen LogP contribution is 1.99. The van der Waals surface area contributed by atoms with E-state index in [1.165, 1.54) is 25.7 Å². The number of hydrogen-bond acceptors (Lipinski definition) is 1. The molecule has 0 radical (unpaired) electrons. The summed E-state index contributed by atoms with van der Waals surface area (Å²) in [4.78, 5) is 10.3. The van der Waals surface area contributed by atoms with E-state index in [4.69, 9.17) is 5.11 Å². The lowest BCUT2D eigenvalue weighted by Gasteiger charge is -1.89. The van der Waals surface area contributed by atoms with Crippen LogP contribution in [-0.2, 0) is 4.79 Å². The topological polar surface area (TPSA) is 37.3 Å². The Morgan fingerprint density at radius 3 is 2.09 bits per heavy atom. The van der Waals surface area contributed by atoms with Crippen LogP contribution in [-0.4, -0.2) is 11.1 Å². The summed E-state index contributed by atoms with van der Waals surface area (Å²) in [5.74, 6) is -0.720. The Morgan fingerprint density at radius 2 is 1.41 bits per heavy atom. The van der Waals surface area contributed by atoms with E-state index in [2.05, 4.69) is 37.3 Å². The molecule has 22 heavy (non-hydrogen) atoms. The molecule has 0 rings (SSSR count). The zero-order chi connectivity index (χ0) is 16.3. The first-order chi connectivity index (χ1) is 10.8. The maximum Gasteiger partial charge on any atom is 0.303 e. The molecule has 0 bridgehead atoms. The number of aliphatic carboxylic acids is 1. The second-order valence-corrected chi connectivity index (χ2v) is 5.11. The second-order valence-electron chi connectivity index (χ2n) is 5.11. The summed E-state index contributed by atoms with van der Waals surface area (Å²) >= 11 is 0. The Labute approximate surface area is 135 Å². The normalized spacial score (nSPS) is 12.8. The molecule has 0 amide bonds. The fourth-order valence-corrected chi connectivity index (χ4v) is 1.76. The molecule has 0 aliphatic carbocycles. The summed E-state index contributed by atoms with van der Waals surface area (Å²) in [7, 11) is 0. The maximum atomic E-state index is 10.3. The van der Waals surface area contributed by atoms with Gasteiger partial charge in [-0.15, -0.1) is 0 Å². The quantitative estimate of drug-likeness (QED) is 0.258. The number of rotatable bonds is 13. The van der Waals surface area contributed by atoms with Crippen molar-refractivity contribution in [2.24, 2.45) is 0 Å². The minimum atomic E-state index is -0.720. The molecular formula is C20H30O2. The number of allylic oxidation sites excluding steroid dienone is 10. The number of carboxylic acids is 1. The number of carbonyl (C=O) groups is 1. The van der Waals surface area contributed by atoms with Gasteiger partial charge in [-0.1, -0.05) is 80.5 Å². The molecule has 2 nitrogen and oxygen atoms in total. The lowest BCUT2D eigenvalue weighted by atomic mass is 10.2. The van der Waals surface area contributed by atoms with Gasteiger partial charge in [0.1, 0.15) is 0 Å². The van der Waals surface area contributed by atoms with E-state index >= 15 is 0 Å². The Kier molecular flexibility index (Phi) is 15.8. The van der Waals surface area contributed by atoms with Crippen molar-refractivity contribution < 1.29 is 9.90 Å². The van der Waals surface area contributed by atoms with Crippen molar-refractivity contribution in [3.05, 3.63) is 60.8 Å². The zero-order valence-electron chi connectivity index (χ0n) is 13.8. The van der Waals surface area contributed by atoms with Crippen LogP contribution in [0.15, 0.2) is 60.8 Å². The predicted octanol–water partition coefficient (Wildman–Crippen LogP) is 5.99. The first-order valence-corrected chi connectivity index (χ1v) is 8.29. The third kappa shape index (κ3) is 18.2. The molecule has 1 N–H and O–H groups in total. The SMILES string of the molecule is CCCCC\C=C/C=C\C=C/C=C\C/C=C\CCCC(=O)O. The van der Waals surface area contributed by atoms with E-state index in [-0.39, 0.29) is 6.42 Å². The van der Waals surface area contributed by atoms with Crippen LogP contribution in [0.25, 0.3) is 0 Å². The van der Waals surface area contributed by atoms with Crippen molar-refractivity contribution in [1.82, 2.24) is 0 Å². The Morgan fingerprint density at radius 1 is 0.773 bits per heavy atom. The highest BCUT2D eigenvalue weighted by atomic mass is 16.4. The molecule has 0 heterocycles. The molecule has 0 atom stereocenters. The van der Waals surface area contributed by atoms with Gasteiger partial charge in [-0.3, -0.25) is 4.79 Å². The molecule has 2 heteroatoms. The van der Waals surface area contributed by atoms with Gasteiger partial charge >= 0.3 is 5.97 Å². The summed E-state index contributed by atoms with van der Waals surface area (Å²) in [6.45, 7) is 2.22. The molecular weight excluding hydrogens is 272 g/mol. The fraction of sp³-hybridized carbons (Fsp3) is 0.450. The Balaban J connectivity index is 3.55. The minimum Gasteiger partial charge on any atom is -0.481 e. The van der Waals surface area contributed by atoms with Crippen molar-refractivity contribution in [3.8, 4) is 0 Å². The van der Waals surface area contributed by atoms with E-state index < -0.39 is 5.97 Å². The largest absolute Gasteiger partial charge is 0.481 e. The van der Waals surface area contributed by atoms with Crippen molar-refractivity contribution in [2.45, 2.75) is 58.3 Å². The van der Waals surface area contributed by atoms with E-state index in [0.29, 0.717) is 6.42 Å². The molecule has 0 fully saturated rings. The van der Waals surface area contributed by atoms with Crippen LogP contribution in [0.3, 0.4) is 0 Å². The van der Waals surface area contributed by atoms with Gasteiger partial charge in [-0.05, 0) is 32.1 Å². The van der Waals surface area contributed by atoms with Gasteiger partial charge in [-0.2, -0.15) is 0 Å². The zero-order valence-corrected chi connectivity index (χ0v) is 13.8. The summed E-state index contributed by atoms with van der Waals surface area (Å²) in [6.07, 6.45) is 28.4. The average molecular weight is 302 g/mol. The molecule has 0 aromatic carbocycles. The maximum absolute atomic E-state index is 10.3. The van der Waals surface area contributed by atoms with Gasteiger partial charge in [0.2, 0.25) is 0 Å². The number of hydrogen-bond donors (Lipinski definition) is 1. The van der Waals surface area contributed by atoms with Crippen molar-refractivity contribution in [3.63, 3.8) is 0 Å². The minimum absolute atomic E-state index is 0.252. The molecule has 0 saturated heterocycles. The van der Waals surface area contributed by atoms with Gasteiger partial charge < -0.3 is 5.11 Å². The van der Waals surface area contributed by atoms with E-state index in [1.807, 2.05) is 30.4 Å². The summed E-state index contributed by atoms with van der Waals surface area (Å²) in [5.41, 5.74) is 0. The van der Waals surface area contributed by atoms with Crippen LogP contribution < -0.4 is 0 Å². The third-order valence-corrected chi connectivity index (χ3v) is 3.00. The molecule has 0 unspecified atom stereocenters. The highest BCUT2D eigenvalue weighted by molar-refractivity contribution is 5.66. The fourth-order valence-electron chi connectivity index (χ4n) is 1.76. The molecule has 0 saturated carbocycles. The molecule has 0 aromatic heterocycles. The number of unbranched alkanes of at least 4 members (excludes halogenated alkanes) is 4. The van der Waals surface area contributed by atoms with E-state index in [1.54, 1.807) is 0 Å². The summed E-state index contributed by atoms with van der Waals surface area (Å²) in [5, 5.41) is 8.49. The van der Waals surface area contributed by atoms with Crippen molar-refractivity contribution >= 4 is 5.97 Å². The van der Waals surface area contributed by atoms with Gasteiger partial charge in [0, 0.05) is 6.42 Å². The van der Waals surface area contributed by atoms with Crippen LogP contribution >= 0.6 is 0 Å². The Hall–Kier alpha value is -1.83. The van der Waals surface area contributed by atoms with Crippen LogP contribution in [0.5, 0.6) is 0 Å². The van der Waals surface area contributed by atoms with E-state index in [0.717, 1.165) is 12.8 Å². The average Bonchev–Trinajstić information content (AvgIpc) is 2.50. The van der Waals surface area contributed by atoms with Crippen LogP contribution in [0, 0.1) is 0 Å². The van der Waals surface area contributed by atoms with Crippen LogP contribution in [0.1, 0.15) is 58.3 Å². The van der Waals surface area contributed by atoms with Gasteiger partial charge in [0.25, 0.3) is 0 Å². The molecule has 0 aromatic rings. The molecule has 122 valence electrons. The summed E-state index contributed by atoms with van der Waals surface area (Å²) in [6, 6.07) is 0. The molecule has 0 aliphatic rings. The first-order valence-electron chi connectivity index (χ1n) is 8.29. The van der Waals surface area contributed by atoms with E-state index in [9.17, 15) is 4.79 Å². The summed E-state index contributed by atoms with van der Waals surface area (Å²) < 4.78 is 0. The smallest absolute Gasteiger partial charge is 0.303 e. The van der Waals surface area contributed by atoms with Gasteiger partial charge in [-0.25, -0.2) is 0 Å².